The highest BCUT2D eigenvalue weighted by Crippen LogP contribution is 2.20. The molecule has 1 saturated heterocycles. The first kappa shape index (κ1) is 23.0. The van der Waals surface area contributed by atoms with Crippen LogP contribution in [0.25, 0.3) is 0 Å². The maximum atomic E-state index is 12.4. The highest BCUT2D eigenvalue weighted by Gasteiger charge is 2.45. The van der Waals surface area contributed by atoms with Crippen LogP contribution in [0, 0.1) is 0 Å². The van der Waals surface area contributed by atoms with Crippen LogP contribution in [-0.4, -0.2) is 66.5 Å². The molecule has 0 aromatic rings. The van der Waals surface area contributed by atoms with Crippen LogP contribution in [-0.2, 0) is 4.79 Å². The zero-order chi connectivity index (χ0) is 20.3. The fourth-order valence-electron chi connectivity index (χ4n) is 2.99. The minimum atomic E-state index is -0.763. The average molecular weight is 380 g/mol. The number of hydrogen-bond donors (Lipinski definition) is 2. The van der Waals surface area contributed by atoms with Crippen molar-refractivity contribution in [2.45, 2.75) is 64.8 Å². The van der Waals surface area contributed by atoms with Gasteiger partial charge in [-0.15, -0.1) is 6.58 Å². The predicted octanol–water partition coefficient (Wildman–Crippen LogP) is 2.74. The molecule has 7 heteroatoms. The summed E-state index contributed by atoms with van der Waals surface area (Å²) < 4.78 is 0. The maximum absolute atomic E-state index is 12.4. The lowest BCUT2D eigenvalue weighted by atomic mass is 9.99. The van der Waals surface area contributed by atoms with Gasteiger partial charge in [0.25, 0.3) is 5.91 Å². The zero-order valence-electron chi connectivity index (χ0n) is 17.5. The lowest BCUT2D eigenvalue weighted by Crippen LogP contribution is -2.43. The largest absolute Gasteiger partial charge is 0.357 e. The molecule has 1 aliphatic rings. The number of urea groups is 1. The second kappa shape index (κ2) is 11.6. The Kier molecular flexibility index (Phi) is 9.89. The number of rotatable bonds is 12. The summed E-state index contributed by atoms with van der Waals surface area (Å²) in [6.45, 7) is 12.2. The SMILES string of the molecule is C=CCCCCCN(C)C(=NCCCN1C(=O)NC(C)(CC)C1=O)NCC. The highest BCUT2D eigenvalue weighted by atomic mass is 16.2. The molecule has 1 atom stereocenters. The Hall–Kier alpha value is -2.05. The standard InChI is InChI=1S/C20H37N5O2/c1-6-9-10-11-12-15-24(5)18(21-8-3)22-14-13-16-25-17(26)20(4,7-2)23-19(25)27/h6H,1,7-16H2,2-5H3,(H,21,22)(H,23,27). The van der Waals surface area contributed by atoms with E-state index in [9.17, 15) is 9.59 Å². The van der Waals surface area contributed by atoms with Crippen LogP contribution in [0.3, 0.4) is 0 Å². The van der Waals surface area contributed by atoms with Gasteiger partial charge in [-0.3, -0.25) is 14.7 Å². The summed E-state index contributed by atoms with van der Waals surface area (Å²) in [7, 11) is 2.04. The van der Waals surface area contributed by atoms with Crippen LogP contribution in [0.2, 0.25) is 0 Å². The summed E-state index contributed by atoms with van der Waals surface area (Å²) in [6.07, 6.45) is 7.75. The van der Waals surface area contributed by atoms with Crippen LogP contribution in [0.5, 0.6) is 0 Å². The Bertz CT molecular complexity index is 534. The van der Waals surface area contributed by atoms with Crippen molar-refractivity contribution in [1.82, 2.24) is 20.4 Å². The Morgan fingerprint density at radius 3 is 2.63 bits per heavy atom. The van der Waals surface area contributed by atoms with Gasteiger partial charge in [-0.05, 0) is 46.0 Å². The Labute approximate surface area is 164 Å². The van der Waals surface area contributed by atoms with Gasteiger partial charge in [0.15, 0.2) is 5.96 Å². The van der Waals surface area contributed by atoms with E-state index in [0.717, 1.165) is 31.9 Å². The van der Waals surface area contributed by atoms with Crippen LogP contribution >= 0.6 is 0 Å². The van der Waals surface area contributed by atoms with Crippen molar-refractivity contribution in [3.63, 3.8) is 0 Å². The van der Waals surface area contributed by atoms with Crippen LogP contribution in [0.15, 0.2) is 17.6 Å². The summed E-state index contributed by atoms with van der Waals surface area (Å²) in [5.41, 5.74) is -0.763. The minimum Gasteiger partial charge on any atom is -0.357 e. The maximum Gasteiger partial charge on any atom is 0.325 e. The molecule has 1 rings (SSSR count). The number of hydrogen-bond acceptors (Lipinski definition) is 3. The molecule has 154 valence electrons. The molecule has 1 heterocycles. The average Bonchev–Trinajstić information content (AvgIpc) is 2.87. The summed E-state index contributed by atoms with van der Waals surface area (Å²) in [5.74, 6) is 0.736. The molecule has 1 unspecified atom stereocenters. The van der Waals surface area contributed by atoms with Crippen LogP contribution < -0.4 is 10.6 Å². The first-order valence-electron chi connectivity index (χ1n) is 10.1. The fraction of sp³-hybridized carbons (Fsp3) is 0.750. The molecule has 7 nitrogen and oxygen atoms in total. The second-order valence-electron chi connectivity index (χ2n) is 7.22. The number of guanidine groups is 1. The molecule has 0 aliphatic carbocycles. The highest BCUT2D eigenvalue weighted by molar-refractivity contribution is 6.06. The van der Waals surface area contributed by atoms with Gasteiger partial charge in [0.1, 0.15) is 5.54 Å². The van der Waals surface area contributed by atoms with E-state index in [1.807, 2.05) is 27.0 Å². The molecular formula is C20H37N5O2. The number of aliphatic imine (C=N–C) groups is 1. The van der Waals surface area contributed by atoms with E-state index in [4.69, 9.17) is 0 Å². The molecule has 3 amide bonds. The van der Waals surface area contributed by atoms with E-state index in [2.05, 4.69) is 27.1 Å². The van der Waals surface area contributed by atoms with Crippen molar-refractivity contribution in [1.29, 1.82) is 0 Å². The van der Waals surface area contributed by atoms with Crippen molar-refractivity contribution in [2.24, 2.45) is 4.99 Å². The van der Waals surface area contributed by atoms with Crippen molar-refractivity contribution < 1.29 is 9.59 Å². The third-order valence-electron chi connectivity index (χ3n) is 4.95. The molecule has 0 bridgehead atoms. The van der Waals surface area contributed by atoms with E-state index < -0.39 is 5.54 Å². The first-order chi connectivity index (χ1) is 12.9. The first-order valence-corrected chi connectivity index (χ1v) is 10.1. The number of unbranched alkanes of at least 4 members (excludes halogenated alkanes) is 3. The Balaban J connectivity index is 2.45. The molecule has 27 heavy (non-hydrogen) atoms. The Morgan fingerprint density at radius 1 is 1.30 bits per heavy atom. The van der Waals surface area contributed by atoms with Gasteiger partial charge >= 0.3 is 6.03 Å². The Morgan fingerprint density at radius 2 is 2.04 bits per heavy atom. The summed E-state index contributed by atoms with van der Waals surface area (Å²) in [4.78, 5) is 32.5. The fourth-order valence-corrected chi connectivity index (χ4v) is 2.99. The summed E-state index contributed by atoms with van der Waals surface area (Å²) >= 11 is 0. The monoisotopic (exact) mass is 379 g/mol. The number of nitrogens with zero attached hydrogens (tertiary/aromatic N) is 3. The van der Waals surface area contributed by atoms with E-state index in [-0.39, 0.29) is 11.9 Å². The summed E-state index contributed by atoms with van der Waals surface area (Å²) in [6, 6.07) is -0.295. The molecule has 2 N–H and O–H groups in total. The van der Waals surface area contributed by atoms with Gasteiger partial charge in [0.05, 0.1) is 0 Å². The van der Waals surface area contributed by atoms with Gasteiger partial charge in [0.2, 0.25) is 0 Å². The van der Waals surface area contributed by atoms with Crippen LogP contribution in [0.1, 0.15) is 59.3 Å². The van der Waals surface area contributed by atoms with Gasteiger partial charge in [-0.1, -0.05) is 19.4 Å². The number of carbonyl (C=O) groups is 2. The lowest BCUT2D eigenvalue weighted by molar-refractivity contribution is -0.130. The molecule has 1 fully saturated rings. The van der Waals surface area contributed by atoms with E-state index in [1.54, 1.807) is 6.92 Å². The number of nitrogens with one attached hydrogen (secondary N) is 2. The van der Waals surface area contributed by atoms with E-state index >= 15 is 0 Å². The summed E-state index contributed by atoms with van der Waals surface area (Å²) in [5, 5.41) is 6.08. The van der Waals surface area contributed by atoms with Gasteiger partial charge in [-0.2, -0.15) is 0 Å². The zero-order valence-corrected chi connectivity index (χ0v) is 17.5. The molecule has 1 aliphatic heterocycles. The normalized spacial score (nSPS) is 20.0. The molecule has 0 spiro atoms. The molecule has 0 aromatic carbocycles. The smallest absolute Gasteiger partial charge is 0.325 e. The number of amides is 3. The topological polar surface area (TPSA) is 77.0 Å². The number of carbonyl (C=O) groups excluding carboxylic acids is 2. The van der Waals surface area contributed by atoms with Gasteiger partial charge in [-0.25, -0.2) is 4.79 Å². The quantitative estimate of drug-likeness (QED) is 0.180. The van der Waals surface area contributed by atoms with Gasteiger partial charge < -0.3 is 15.5 Å². The minimum absolute atomic E-state index is 0.137. The van der Waals surface area contributed by atoms with Gasteiger partial charge in [0, 0.05) is 33.2 Å². The van der Waals surface area contributed by atoms with E-state index in [0.29, 0.717) is 25.9 Å². The number of allylic oxidation sites excluding steroid dienone is 1. The molecule has 0 aromatic heterocycles. The van der Waals surface area contributed by atoms with Crippen molar-refractivity contribution in [3.8, 4) is 0 Å². The van der Waals surface area contributed by atoms with Crippen molar-refractivity contribution in [2.75, 3.05) is 33.2 Å². The van der Waals surface area contributed by atoms with Crippen molar-refractivity contribution >= 4 is 17.9 Å². The third kappa shape index (κ3) is 6.88. The van der Waals surface area contributed by atoms with Crippen LogP contribution in [0.4, 0.5) is 4.79 Å². The molecule has 0 saturated carbocycles. The second-order valence-corrected chi connectivity index (χ2v) is 7.22. The molecule has 0 radical (unpaired) electrons. The predicted molar refractivity (Wildman–Crippen MR) is 111 cm³/mol. The molecular weight excluding hydrogens is 342 g/mol. The third-order valence-corrected chi connectivity index (χ3v) is 4.95. The number of imide groups is 1. The lowest BCUT2D eigenvalue weighted by Gasteiger charge is -2.22. The van der Waals surface area contributed by atoms with E-state index in [1.165, 1.54) is 17.7 Å². The van der Waals surface area contributed by atoms with Crippen molar-refractivity contribution in [3.05, 3.63) is 12.7 Å².